The lowest BCUT2D eigenvalue weighted by molar-refractivity contribution is -0.161. The molecule has 102 heavy (non-hydrogen) atoms. The predicted molar refractivity (Wildman–Crippen MR) is 418 cm³/mol. The number of hydrogen-bond acceptors (Lipinski definition) is 15. The largest absolute Gasteiger partial charge is 0.472 e. The van der Waals surface area contributed by atoms with E-state index < -0.39 is 97.5 Å². The van der Waals surface area contributed by atoms with Crippen molar-refractivity contribution in [3.8, 4) is 0 Å². The molecule has 0 saturated heterocycles. The topological polar surface area (TPSA) is 237 Å². The van der Waals surface area contributed by atoms with Crippen molar-refractivity contribution in [1.29, 1.82) is 0 Å². The first-order chi connectivity index (χ1) is 49.1. The van der Waals surface area contributed by atoms with Crippen molar-refractivity contribution in [2.24, 2.45) is 23.7 Å². The Bertz CT molecular complexity index is 1990. The van der Waals surface area contributed by atoms with Crippen molar-refractivity contribution in [3.05, 3.63) is 0 Å². The number of aliphatic hydroxyl groups is 1. The number of phosphoric ester groups is 2. The van der Waals surface area contributed by atoms with Gasteiger partial charge in [0, 0.05) is 25.7 Å². The lowest BCUT2D eigenvalue weighted by Gasteiger charge is -2.21. The molecular formula is C83H162O17P2. The summed E-state index contributed by atoms with van der Waals surface area (Å²) in [5.41, 5.74) is 0. The molecule has 17 nitrogen and oxygen atoms in total. The van der Waals surface area contributed by atoms with Gasteiger partial charge in [0.1, 0.15) is 19.3 Å². The molecule has 0 heterocycles. The van der Waals surface area contributed by atoms with E-state index in [1.165, 1.54) is 231 Å². The molecule has 3 N–H and O–H groups in total. The fraction of sp³-hybridized carbons (Fsp3) is 0.952. The number of hydrogen-bond donors (Lipinski definition) is 3. The first kappa shape index (κ1) is 100. The molecular weight excluding hydrogens is 1330 g/mol. The zero-order valence-electron chi connectivity index (χ0n) is 67.2. The Kier molecular flexibility index (Phi) is 70.6. The Balaban J connectivity index is 5.23. The lowest BCUT2D eigenvalue weighted by Crippen LogP contribution is -2.30. The molecule has 6 atom stereocenters. The van der Waals surface area contributed by atoms with Crippen LogP contribution in [0.5, 0.6) is 0 Å². The molecule has 0 aromatic heterocycles. The molecule has 0 aliphatic rings. The second kappa shape index (κ2) is 72.0. The van der Waals surface area contributed by atoms with Crippen LogP contribution < -0.4 is 0 Å². The molecule has 0 spiro atoms. The van der Waals surface area contributed by atoms with Gasteiger partial charge in [-0.3, -0.25) is 37.3 Å². The Morgan fingerprint density at radius 3 is 0.696 bits per heavy atom. The standard InChI is InChI=1S/C83H162O17P2/c1-9-76(8)62-54-46-38-30-20-16-14-12-10-11-13-15-17-21-33-41-49-57-65-82(87)99-78(69-93-80(85)63-55-47-39-31-22-18-19-27-35-43-51-59-73(2)3)71-97-101(89,90)95-67-77(84)68-96-102(91,92)98-72-79(100-83(88)66-58-50-42-34-26-24-29-37-45-53-61-75(6)7)70-94-81(86)64-56-48-40-32-25-23-28-36-44-52-60-74(4)5/h73-79,84H,9-72H2,1-8H3,(H,89,90)(H,91,92)/t76?,77-,78-,79-/m1/s1. The van der Waals surface area contributed by atoms with Gasteiger partial charge in [0.2, 0.25) is 0 Å². The van der Waals surface area contributed by atoms with Gasteiger partial charge >= 0.3 is 39.5 Å². The molecule has 0 bridgehead atoms. The number of unbranched alkanes of at least 4 members (excludes halogenated alkanes) is 45. The maximum absolute atomic E-state index is 13.1. The van der Waals surface area contributed by atoms with Crippen molar-refractivity contribution in [2.75, 3.05) is 39.6 Å². The van der Waals surface area contributed by atoms with Crippen LogP contribution in [0.15, 0.2) is 0 Å². The van der Waals surface area contributed by atoms with E-state index in [9.17, 15) is 43.2 Å². The average Bonchev–Trinajstić information content (AvgIpc) is 0.911. The number of carbonyl (C=O) groups excluding carboxylic acids is 4. The first-order valence-electron chi connectivity index (χ1n) is 42.7. The number of aliphatic hydroxyl groups excluding tert-OH is 1. The first-order valence-corrected chi connectivity index (χ1v) is 45.7. The third-order valence-electron chi connectivity index (χ3n) is 19.7. The lowest BCUT2D eigenvalue weighted by atomic mass is 9.99. The molecule has 0 aromatic rings. The second-order valence-corrected chi connectivity index (χ2v) is 34.4. The molecule has 0 aromatic carbocycles. The SMILES string of the molecule is CCC(C)CCCCCCCCCCCCCCCCCCCCC(=O)O[C@H](COC(=O)CCCCCCCCCCCCCC(C)C)COP(=O)(O)OC[C@@H](O)COP(=O)(O)OC[C@@H](COC(=O)CCCCCCCCCCCCC(C)C)OC(=O)CCCCCCCCCCCCC(C)C. The molecule has 19 heteroatoms. The highest BCUT2D eigenvalue weighted by molar-refractivity contribution is 7.47. The van der Waals surface area contributed by atoms with Gasteiger partial charge in [-0.2, -0.15) is 0 Å². The van der Waals surface area contributed by atoms with Crippen molar-refractivity contribution in [1.82, 2.24) is 0 Å². The van der Waals surface area contributed by atoms with Crippen LogP contribution in [0.4, 0.5) is 0 Å². The third-order valence-corrected chi connectivity index (χ3v) is 21.6. The van der Waals surface area contributed by atoms with Crippen LogP contribution in [0.3, 0.4) is 0 Å². The van der Waals surface area contributed by atoms with Gasteiger partial charge in [0.05, 0.1) is 26.4 Å². The summed E-state index contributed by atoms with van der Waals surface area (Å²) in [7, 11) is -9.93. The van der Waals surface area contributed by atoms with Gasteiger partial charge in [0.25, 0.3) is 0 Å². The molecule has 0 radical (unpaired) electrons. The van der Waals surface area contributed by atoms with E-state index in [1.54, 1.807) is 0 Å². The zero-order chi connectivity index (χ0) is 75.3. The van der Waals surface area contributed by atoms with Crippen molar-refractivity contribution >= 4 is 39.5 Å². The van der Waals surface area contributed by atoms with E-state index in [0.29, 0.717) is 25.7 Å². The van der Waals surface area contributed by atoms with E-state index in [4.69, 9.17) is 37.0 Å². The predicted octanol–water partition coefficient (Wildman–Crippen LogP) is 24.8. The van der Waals surface area contributed by atoms with Crippen LogP contribution in [0.1, 0.15) is 428 Å². The van der Waals surface area contributed by atoms with Gasteiger partial charge in [-0.05, 0) is 49.4 Å². The maximum atomic E-state index is 13.1. The third kappa shape index (κ3) is 74.9. The van der Waals surface area contributed by atoms with Crippen LogP contribution >= 0.6 is 15.6 Å². The fourth-order valence-electron chi connectivity index (χ4n) is 12.8. The summed E-state index contributed by atoms with van der Waals surface area (Å²) < 4.78 is 68.8. The highest BCUT2D eigenvalue weighted by Crippen LogP contribution is 2.45. The summed E-state index contributed by atoms with van der Waals surface area (Å²) in [5, 5.41) is 10.7. The van der Waals surface area contributed by atoms with Gasteiger partial charge in [-0.15, -0.1) is 0 Å². The van der Waals surface area contributed by atoms with Crippen molar-refractivity contribution in [3.63, 3.8) is 0 Å². The highest BCUT2D eigenvalue weighted by Gasteiger charge is 2.30. The van der Waals surface area contributed by atoms with E-state index >= 15 is 0 Å². The summed E-state index contributed by atoms with van der Waals surface area (Å²) in [6, 6.07) is 0. The molecule has 606 valence electrons. The summed E-state index contributed by atoms with van der Waals surface area (Å²) in [4.78, 5) is 73.1. The van der Waals surface area contributed by atoms with E-state index in [1.807, 2.05) is 0 Å². The Morgan fingerprint density at radius 2 is 0.471 bits per heavy atom. The monoisotopic (exact) mass is 1490 g/mol. The zero-order valence-corrected chi connectivity index (χ0v) is 69.0. The quantitative estimate of drug-likeness (QED) is 0.0222. The molecule has 0 saturated carbocycles. The maximum Gasteiger partial charge on any atom is 0.472 e. The molecule has 0 aliphatic carbocycles. The smallest absolute Gasteiger partial charge is 0.462 e. The summed E-state index contributed by atoms with van der Waals surface area (Å²) >= 11 is 0. The number of rotatable bonds is 80. The van der Waals surface area contributed by atoms with Gasteiger partial charge in [-0.25, -0.2) is 9.13 Å². The summed E-state index contributed by atoms with van der Waals surface area (Å²) in [6.45, 7) is 14.3. The minimum Gasteiger partial charge on any atom is -0.462 e. The number of phosphoric acid groups is 2. The minimum absolute atomic E-state index is 0.106. The van der Waals surface area contributed by atoms with Crippen molar-refractivity contribution in [2.45, 2.75) is 446 Å². The minimum atomic E-state index is -4.96. The number of ether oxygens (including phenoxy) is 4. The van der Waals surface area contributed by atoms with Gasteiger partial charge in [0.15, 0.2) is 12.2 Å². The molecule has 3 unspecified atom stereocenters. The van der Waals surface area contributed by atoms with Gasteiger partial charge < -0.3 is 33.8 Å². The highest BCUT2D eigenvalue weighted by atomic mass is 31.2. The van der Waals surface area contributed by atoms with Gasteiger partial charge in [-0.1, -0.05) is 376 Å². The Labute approximate surface area is 626 Å². The van der Waals surface area contributed by atoms with Crippen LogP contribution in [0, 0.1) is 23.7 Å². The number of esters is 4. The van der Waals surface area contributed by atoms with E-state index in [-0.39, 0.29) is 25.7 Å². The average molecular weight is 1490 g/mol. The molecule has 0 rings (SSSR count). The number of carbonyl (C=O) groups is 4. The second-order valence-electron chi connectivity index (χ2n) is 31.5. The molecule has 0 amide bonds. The van der Waals surface area contributed by atoms with Crippen LogP contribution in [0.2, 0.25) is 0 Å². The Hall–Kier alpha value is -1.94. The fourth-order valence-corrected chi connectivity index (χ4v) is 14.3. The summed E-state index contributed by atoms with van der Waals surface area (Å²) in [6.07, 6.45) is 59.6. The van der Waals surface area contributed by atoms with Crippen LogP contribution in [-0.2, 0) is 65.4 Å². The summed E-state index contributed by atoms with van der Waals surface area (Å²) in [5.74, 6) is 1.04. The Morgan fingerprint density at radius 1 is 0.275 bits per heavy atom. The van der Waals surface area contributed by atoms with E-state index in [0.717, 1.165) is 114 Å². The van der Waals surface area contributed by atoms with Crippen molar-refractivity contribution < 1.29 is 80.2 Å². The molecule has 0 aliphatic heterocycles. The van der Waals surface area contributed by atoms with Crippen LogP contribution in [0.25, 0.3) is 0 Å². The molecule has 0 fully saturated rings. The normalized spacial score (nSPS) is 14.3. The van der Waals surface area contributed by atoms with Crippen LogP contribution in [-0.4, -0.2) is 96.7 Å². The van der Waals surface area contributed by atoms with E-state index in [2.05, 4.69) is 55.4 Å².